The van der Waals surface area contributed by atoms with Crippen molar-refractivity contribution in [3.8, 4) is 0 Å². The molecule has 2 amide bonds. The number of para-hydroxylation sites is 1. The van der Waals surface area contributed by atoms with Crippen molar-refractivity contribution < 1.29 is 19.5 Å². The van der Waals surface area contributed by atoms with E-state index in [1.807, 2.05) is 0 Å². The summed E-state index contributed by atoms with van der Waals surface area (Å²) in [6.07, 6.45) is 0. The monoisotopic (exact) mass is 327 g/mol. The summed E-state index contributed by atoms with van der Waals surface area (Å²) < 4.78 is 0. The van der Waals surface area contributed by atoms with Crippen LogP contribution in [0, 0.1) is 0 Å². The lowest BCUT2D eigenvalue weighted by Crippen LogP contribution is -2.34. The molecule has 1 fully saturated rings. The minimum Gasteiger partial charge on any atom is -0.545 e. The molecule has 0 aromatic heterocycles. The van der Waals surface area contributed by atoms with Crippen LogP contribution < -0.4 is 15.3 Å². The fraction of sp³-hybridized carbons (Fsp3) is 0.0625. The number of anilines is 2. The maximum Gasteiger partial charge on any atom is 0.295 e. The third-order valence-electron chi connectivity index (χ3n) is 3.26. The van der Waals surface area contributed by atoms with Crippen molar-refractivity contribution in [1.29, 1.82) is 0 Å². The third-order valence-corrected chi connectivity index (χ3v) is 4.20. The van der Waals surface area contributed by atoms with Crippen LogP contribution in [0.5, 0.6) is 0 Å². The Bertz CT molecular complexity index is 779. The zero-order chi connectivity index (χ0) is 16.4. The van der Waals surface area contributed by atoms with E-state index in [2.05, 4.69) is 5.32 Å². The average molecular weight is 327 g/mol. The molecule has 2 aromatic carbocycles. The zero-order valence-electron chi connectivity index (χ0n) is 11.8. The van der Waals surface area contributed by atoms with Crippen LogP contribution in [0.15, 0.2) is 54.6 Å². The van der Waals surface area contributed by atoms with Gasteiger partial charge in [0, 0.05) is 5.69 Å². The third kappa shape index (κ3) is 3.04. The highest BCUT2D eigenvalue weighted by Gasteiger charge is 2.40. The Morgan fingerprint density at radius 2 is 1.83 bits per heavy atom. The molecule has 1 heterocycles. The number of benzene rings is 2. The van der Waals surface area contributed by atoms with E-state index in [1.54, 1.807) is 36.4 Å². The first-order chi connectivity index (χ1) is 11.1. The number of hydrogen-bond donors (Lipinski definition) is 1. The number of aromatic carboxylic acids is 1. The second-order valence-corrected chi connectivity index (χ2v) is 5.84. The first-order valence-electron chi connectivity index (χ1n) is 6.74. The van der Waals surface area contributed by atoms with Gasteiger partial charge in [0.15, 0.2) is 5.37 Å². The number of carboxylic acid groups (broad SMARTS) is 1. The van der Waals surface area contributed by atoms with E-state index in [0.29, 0.717) is 11.4 Å². The van der Waals surface area contributed by atoms with Crippen LogP contribution in [0.25, 0.3) is 0 Å². The summed E-state index contributed by atoms with van der Waals surface area (Å²) in [6.45, 7) is 0. The number of carboxylic acids is 1. The largest absolute Gasteiger partial charge is 0.545 e. The molecule has 1 unspecified atom stereocenters. The van der Waals surface area contributed by atoms with Crippen LogP contribution in [0.2, 0.25) is 0 Å². The van der Waals surface area contributed by atoms with Gasteiger partial charge in [-0.1, -0.05) is 30.3 Å². The van der Waals surface area contributed by atoms with Gasteiger partial charge < -0.3 is 15.2 Å². The minimum atomic E-state index is -1.30. The van der Waals surface area contributed by atoms with E-state index >= 15 is 0 Å². The topological polar surface area (TPSA) is 89.5 Å². The van der Waals surface area contributed by atoms with Gasteiger partial charge in [0.25, 0.3) is 11.1 Å². The van der Waals surface area contributed by atoms with Gasteiger partial charge in [-0.05, 0) is 41.6 Å². The summed E-state index contributed by atoms with van der Waals surface area (Å²) in [7, 11) is 0. The van der Waals surface area contributed by atoms with Gasteiger partial charge >= 0.3 is 0 Å². The summed E-state index contributed by atoms with van der Waals surface area (Å²) in [6, 6.07) is 14.5. The number of carbonyl (C=O) groups is 3. The lowest BCUT2D eigenvalue weighted by molar-refractivity contribution is -0.255. The maximum absolute atomic E-state index is 12.4. The van der Waals surface area contributed by atoms with Crippen molar-refractivity contribution in [3.05, 3.63) is 60.2 Å². The van der Waals surface area contributed by atoms with Gasteiger partial charge in [-0.15, -0.1) is 0 Å². The Labute approximate surface area is 136 Å². The van der Waals surface area contributed by atoms with E-state index in [9.17, 15) is 19.5 Å². The SMILES string of the molecule is O=C([O-])c1cccc(NC2SC(=O)N(c3ccccc3)C2=O)c1. The summed E-state index contributed by atoms with van der Waals surface area (Å²) in [5.41, 5.74) is 0.930. The quantitative estimate of drug-likeness (QED) is 0.919. The van der Waals surface area contributed by atoms with Crippen LogP contribution in [0.1, 0.15) is 10.4 Å². The Kier molecular flexibility index (Phi) is 4.03. The number of nitrogens with zero attached hydrogens (tertiary/aromatic N) is 1. The molecule has 0 saturated carbocycles. The molecular formula is C16H11N2O4S-. The van der Waals surface area contributed by atoms with E-state index in [1.165, 1.54) is 18.2 Å². The van der Waals surface area contributed by atoms with E-state index < -0.39 is 17.3 Å². The molecule has 1 aliphatic heterocycles. The van der Waals surface area contributed by atoms with Gasteiger partial charge in [0.05, 0.1) is 11.7 Å². The Morgan fingerprint density at radius 3 is 2.52 bits per heavy atom. The maximum atomic E-state index is 12.4. The number of carbonyl (C=O) groups excluding carboxylic acids is 3. The predicted molar refractivity (Wildman–Crippen MR) is 85.1 cm³/mol. The van der Waals surface area contributed by atoms with Crippen LogP contribution in [0.4, 0.5) is 16.2 Å². The Morgan fingerprint density at radius 1 is 1.09 bits per heavy atom. The Balaban J connectivity index is 1.80. The van der Waals surface area contributed by atoms with E-state index in [0.717, 1.165) is 16.7 Å². The van der Waals surface area contributed by atoms with Gasteiger partial charge in [-0.2, -0.15) is 0 Å². The number of amides is 2. The second kappa shape index (κ2) is 6.13. The summed E-state index contributed by atoms with van der Waals surface area (Å²) in [5, 5.41) is 12.6. The highest BCUT2D eigenvalue weighted by atomic mass is 32.2. The second-order valence-electron chi connectivity index (χ2n) is 4.79. The molecule has 0 aliphatic carbocycles. The average Bonchev–Trinajstić information content (AvgIpc) is 2.82. The molecule has 23 heavy (non-hydrogen) atoms. The van der Waals surface area contributed by atoms with Crippen molar-refractivity contribution in [2.45, 2.75) is 5.37 Å². The molecule has 1 N–H and O–H groups in total. The first kappa shape index (κ1) is 15.1. The molecule has 116 valence electrons. The molecule has 0 bridgehead atoms. The fourth-order valence-electron chi connectivity index (χ4n) is 2.20. The van der Waals surface area contributed by atoms with Gasteiger partial charge in [-0.3, -0.25) is 9.59 Å². The molecule has 1 aliphatic rings. The number of imide groups is 1. The molecule has 1 atom stereocenters. The standard InChI is InChI=1S/C16H12N2O4S/c19-14-13(17-11-6-4-5-10(9-11)15(20)21)23-16(22)18(14)12-7-2-1-3-8-12/h1-9,13,17H,(H,20,21)/p-1. The van der Waals surface area contributed by atoms with E-state index in [-0.39, 0.29) is 10.8 Å². The van der Waals surface area contributed by atoms with Gasteiger partial charge in [-0.25, -0.2) is 4.90 Å². The fourth-order valence-corrected chi connectivity index (χ4v) is 3.10. The van der Waals surface area contributed by atoms with Crippen LogP contribution in [-0.2, 0) is 4.79 Å². The number of rotatable bonds is 4. The molecule has 6 nitrogen and oxygen atoms in total. The van der Waals surface area contributed by atoms with Crippen LogP contribution >= 0.6 is 11.8 Å². The zero-order valence-corrected chi connectivity index (χ0v) is 12.6. The first-order valence-corrected chi connectivity index (χ1v) is 7.62. The summed E-state index contributed by atoms with van der Waals surface area (Å²) in [5.74, 6) is -1.70. The minimum absolute atomic E-state index is 0.00307. The molecule has 2 aromatic rings. The van der Waals surface area contributed by atoms with Crippen LogP contribution in [0.3, 0.4) is 0 Å². The van der Waals surface area contributed by atoms with Crippen molar-refractivity contribution in [2.75, 3.05) is 10.2 Å². The molecular weight excluding hydrogens is 316 g/mol. The summed E-state index contributed by atoms with van der Waals surface area (Å²) >= 11 is 0.849. The van der Waals surface area contributed by atoms with E-state index in [4.69, 9.17) is 0 Å². The molecule has 7 heteroatoms. The lowest BCUT2D eigenvalue weighted by atomic mass is 10.2. The van der Waals surface area contributed by atoms with Crippen molar-refractivity contribution >= 4 is 40.3 Å². The smallest absolute Gasteiger partial charge is 0.295 e. The number of thioether (sulfide) groups is 1. The predicted octanol–water partition coefficient (Wildman–Crippen LogP) is 1.69. The van der Waals surface area contributed by atoms with Gasteiger partial charge in [0.1, 0.15) is 0 Å². The normalized spacial score (nSPS) is 17.4. The van der Waals surface area contributed by atoms with Crippen molar-refractivity contribution in [3.63, 3.8) is 0 Å². The molecule has 3 rings (SSSR count). The van der Waals surface area contributed by atoms with Crippen molar-refractivity contribution in [1.82, 2.24) is 0 Å². The molecule has 0 spiro atoms. The molecule has 1 saturated heterocycles. The highest BCUT2D eigenvalue weighted by molar-refractivity contribution is 8.16. The van der Waals surface area contributed by atoms with Gasteiger partial charge in [0.2, 0.25) is 0 Å². The highest BCUT2D eigenvalue weighted by Crippen LogP contribution is 2.32. The van der Waals surface area contributed by atoms with Crippen LogP contribution in [-0.4, -0.2) is 22.5 Å². The number of hydrogen-bond acceptors (Lipinski definition) is 6. The lowest BCUT2D eigenvalue weighted by Gasteiger charge is -2.15. The summed E-state index contributed by atoms with van der Waals surface area (Å²) in [4.78, 5) is 36.5. The van der Waals surface area contributed by atoms with Crippen molar-refractivity contribution in [2.24, 2.45) is 0 Å². The Hall–Kier alpha value is -2.80. The number of nitrogens with one attached hydrogen (secondary N) is 1. The molecule has 0 radical (unpaired) electrons.